The average molecular weight is 268 g/mol. The van der Waals surface area contributed by atoms with Crippen LogP contribution in [0.2, 0.25) is 5.15 Å². The Labute approximate surface area is 110 Å². The number of rotatable bonds is 3. The molecule has 0 aliphatic heterocycles. The lowest BCUT2D eigenvalue weighted by atomic mass is 10.2. The summed E-state index contributed by atoms with van der Waals surface area (Å²) in [4.78, 5) is 16.1. The molecule has 96 valence electrons. The minimum absolute atomic E-state index is 0.315. The first-order valence-electron chi connectivity index (χ1n) is 5.79. The Morgan fingerprint density at radius 1 is 1.50 bits per heavy atom. The molecule has 0 aromatic carbocycles. The maximum Gasteiger partial charge on any atom is 0.343 e. The molecular formula is C12H14ClN3O2. The molecule has 0 unspecified atom stereocenters. The molecule has 2 heterocycles. The van der Waals surface area contributed by atoms with Crippen LogP contribution in [-0.2, 0) is 11.2 Å². The molecule has 0 amide bonds. The summed E-state index contributed by atoms with van der Waals surface area (Å²) in [5.41, 5.74) is 2.52. The molecule has 2 rings (SSSR count). The number of hydrogen-bond acceptors (Lipinski definition) is 4. The van der Waals surface area contributed by atoms with Crippen molar-refractivity contribution < 1.29 is 9.53 Å². The monoisotopic (exact) mass is 267 g/mol. The van der Waals surface area contributed by atoms with Crippen LogP contribution in [0.4, 0.5) is 0 Å². The van der Waals surface area contributed by atoms with E-state index >= 15 is 0 Å². The van der Waals surface area contributed by atoms with Crippen LogP contribution >= 0.6 is 11.6 Å². The lowest BCUT2D eigenvalue weighted by Gasteiger charge is -2.07. The van der Waals surface area contributed by atoms with E-state index in [-0.39, 0.29) is 0 Å². The summed E-state index contributed by atoms with van der Waals surface area (Å²) in [7, 11) is 0. The normalized spacial score (nSPS) is 10.9. The molecule has 0 bridgehead atoms. The van der Waals surface area contributed by atoms with E-state index < -0.39 is 5.97 Å². The van der Waals surface area contributed by atoms with E-state index in [0.29, 0.717) is 23.0 Å². The predicted octanol–water partition coefficient (Wildman–Crippen LogP) is 2.43. The number of fused-ring (bicyclic) bond motifs is 1. The van der Waals surface area contributed by atoms with Crippen molar-refractivity contribution >= 4 is 23.2 Å². The van der Waals surface area contributed by atoms with Crippen molar-refractivity contribution in [1.29, 1.82) is 0 Å². The summed E-state index contributed by atoms with van der Waals surface area (Å²) in [6, 6.07) is 0. The zero-order chi connectivity index (χ0) is 13.3. The smallest absolute Gasteiger partial charge is 0.343 e. The molecular weight excluding hydrogens is 254 g/mol. The molecule has 18 heavy (non-hydrogen) atoms. The standard InChI is InChI=1S/C12H14ClN3O2/c1-4-8-7(3)15-11-9(12(17)18-5-2)6-14-16(11)10(8)13/h6H,4-5H2,1-3H3. The lowest BCUT2D eigenvalue weighted by Crippen LogP contribution is -2.07. The Bertz CT molecular complexity index is 607. The Hall–Kier alpha value is -1.62. The molecule has 0 fully saturated rings. The van der Waals surface area contributed by atoms with Gasteiger partial charge in [-0.15, -0.1) is 0 Å². The van der Waals surface area contributed by atoms with Crippen molar-refractivity contribution in [2.24, 2.45) is 0 Å². The second kappa shape index (κ2) is 4.94. The van der Waals surface area contributed by atoms with Gasteiger partial charge in [0, 0.05) is 11.3 Å². The molecule has 0 atom stereocenters. The maximum absolute atomic E-state index is 11.7. The van der Waals surface area contributed by atoms with Crippen molar-refractivity contribution in [3.05, 3.63) is 28.2 Å². The topological polar surface area (TPSA) is 56.5 Å². The van der Waals surface area contributed by atoms with Crippen LogP contribution in [0, 0.1) is 6.92 Å². The first kappa shape index (κ1) is 12.8. The summed E-state index contributed by atoms with van der Waals surface area (Å²) < 4.78 is 6.43. The second-order valence-electron chi connectivity index (χ2n) is 3.83. The molecule has 0 aliphatic carbocycles. The number of carbonyl (C=O) groups excluding carboxylic acids is 1. The number of carbonyl (C=O) groups is 1. The van der Waals surface area contributed by atoms with Gasteiger partial charge in [-0.2, -0.15) is 5.10 Å². The molecule has 2 aromatic heterocycles. The maximum atomic E-state index is 11.7. The fourth-order valence-electron chi connectivity index (χ4n) is 1.85. The summed E-state index contributed by atoms with van der Waals surface area (Å²) >= 11 is 6.25. The van der Waals surface area contributed by atoms with Gasteiger partial charge >= 0.3 is 5.97 Å². The fourth-order valence-corrected chi connectivity index (χ4v) is 2.25. The van der Waals surface area contributed by atoms with Gasteiger partial charge < -0.3 is 4.74 Å². The molecule has 0 N–H and O–H groups in total. The van der Waals surface area contributed by atoms with Crippen LogP contribution in [0.15, 0.2) is 6.20 Å². The van der Waals surface area contributed by atoms with Gasteiger partial charge in [-0.25, -0.2) is 14.3 Å². The Kier molecular flexibility index (Phi) is 3.52. The van der Waals surface area contributed by atoms with Crippen LogP contribution < -0.4 is 0 Å². The van der Waals surface area contributed by atoms with Crippen molar-refractivity contribution in [3.8, 4) is 0 Å². The van der Waals surface area contributed by atoms with Gasteiger partial charge in [-0.05, 0) is 20.3 Å². The van der Waals surface area contributed by atoms with Crippen LogP contribution in [0.1, 0.15) is 35.5 Å². The number of esters is 1. The SMILES string of the molecule is CCOC(=O)c1cnn2c(Cl)c(CC)c(C)nc12. The lowest BCUT2D eigenvalue weighted by molar-refractivity contribution is 0.0528. The third-order valence-electron chi connectivity index (χ3n) is 2.74. The first-order valence-corrected chi connectivity index (χ1v) is 6.17. The van der Waals surface area contributed by atoms with Gasteiger partial charge in [0.1, 0.15) is 10.7 Å². The van der Waals surface area contributed by atoms with Gasteiger partial charge in [0.2, 0.25) is 0 Å². The van der Waals surface area contributed by atoms with Crippen molar-refractivity contribution in [2.75, 3.05) is 6.61 Å². The van der Waals surface area contributed by atoms with Crippen molar-refractivity contribution in [3.63, 3.8) is 0 Å². The molecule has 5 nitrogen and oxygen atoms in total. The molecule has 0 spiro atoms. The van der Waals surface area contributed by atoms with Crippen LogP contribution in [-0.4, -0.2) is 27.2 Å². The number of hydrogen-bond donors (Lipinski definition) is 0. The highest BCUT2D eigenvalue weighted by atomic mass is 35.5. The molecule has 6 heteroatoms. The molecule has 0 saturated carbocycles. The summed E-state index contributed by atoms with van der Waals surface area (Å²) in [6.07, 6.45) is 2.20. The van der Waals surface area contributed by atoms with Gasteiger partial charge in [0.05, 0.1) is 12.8 Å². The van der Waals surface area contributed by atoms with Crippen molar-refractivity contribution in [1.82, 2.24) is 14.6 Å². The van der Waals surface area contributed by atoms with Gasteiger partial charge in [0.25, 0.3) is 0 Å². The third kappa shape index (κ3) is 1.95. The molecule has 0 saturated heterocycles. The van der Waals surface area contributed by atoms with E-state index in [1.807, 2.05) is 13.8 Å². The minimum atomic E-state index is -0.431. The Morgan fingerprint density at radius 2 is 2.22 bits per heavy atom. The highest BCUT2D eigenvalue weighted by molar-refractivity contribution is 6.30. The largest absolute Gasteiger partial charge is 0.462 e. The van der Waals surface area contributed by atoms with Gasteiger partial charge in [-0.1, -0.05) is 18.5 Å². The zero-order valence-corrected chi connectivity index (χ0v) is 11.3. The quantitative estimate of drug-likeness (QED) is 0.633. The third-order valence-corrected chi connectivity index (χ3v) is 3.13. The van der Waals surface area contributed by atoms with E-state index in [4.69, 9.17) is 16.3 Å². The van der Waals surface area contributed by atoms with Gasteiger partial charge in [-0.3, -0.25) is 0 Å². The van der Waals surface area contributed by atoms with Crippen molar-refractivity contribution in [2.45, 2.75) is 27.2 Å². The number of nitrogens with zero attached hydrogens (tertiary/aromatic N) is 3. The zero-order valence-electron chi connectivity index (χ0n) is 10.5. The summed E-state index contributed by atoms with van der Waals surface area (Å²) in [5, 5.41) is 4.59. The second-order valence-corrected chi connectivity index (χ2v) is 4.19. The highest BCUT2D eigenvalue weighted by Crippen LogP contribution is 2.22. The number of aryl methyl sites for hydroxylation is 1. The van der Waals surface area contributed by atoms with Crippen LogP contribution in [0.3, 0.4) is 0 Å². The van der Waals surface area contributed by atoms with E-state index in [0.717, 1.165) is 17.7 Å². The Balaban J connectivity index is 2.64. The van der Waals surface area contributed by atoms with Crippen LogP contribution in [0.25, 0.3) is 5.65 Å². The number of aromatic nitrogens is 3. The fraction of sp³-hybridized carbons (Fsp3) is 0.417. The number of ether oxygens (including phenoxy) is 1. The summed E-state index contributed by atoms with van der Waals surface area (Å²) in [6.45, 7) is 5.94. The molecule has 2 aromatic rings. The number of halogens is 1. The summed E-state index contributed by atoms with van der Waals surface area (Å²) in [5.74, 6) is -0.431. The highest BCUT2D eigenvalue weighted by Gasteiger charge is 2.19. The van der Waals surface area contributed by atoms with E-state index in [9.17, 15) is 4.79 Å². The van der Waals surface area contributed by atoms with E-state index in [1.165, 1.54) is 10.7 Å². The van der Waals surface area contributed by atoms with Crippen LogP contribution in [0.5, 0.6) is 0 Å². The molecule has 0 aliphatic rings. The predicted molar refractivity (Wildman–Crippen MR) is 68.1 cm³/mol. The van der Waals surface area contributed by atoms with E-state index in [1.54, 1.807) is 6.92 Å². The Morgan fingerprint density at radius 3 is 2.83 bits per heavy atom. The minimum Gasteiger partial charge on any atom is -0.462 e. The first-order chi connectivity index (χ1) is 8.60. The average Bonchev–Trinajstić information content (AvgIpc) is 2.73. The van der Waals surface area contributed by atoms with Gasteiger partial charge in [0.15, 0.2) is 5.65 Å². The molecule has 0 radical (unpaired) electrons. The van der Waals surface area contributed by atoms with E-state index in [2.05, 4.69) is 10.1 Å².